The molecule has 136 valence electrons. The summed E-state index contributed by atoms with van der Waals surface area (Å²) in [7, 11) is -1.70. The summed E-state index contributed by atoms with van der Waals surface area (Å²) >= 11 is 0. The van der Waals surface area contributed by atoms with Gasteiger partial charge in [-0.2, -0.15) is 0 Å². The van der Waals surface area contributed by atoms with Gasteiger partial charge in [0.05, 0.1) is 13.8 Å². The van der Waals surface area contributed by atoms with Crippen molar-refractivity contribution in [2.45, 2.75) is 33.5 Å². The molecular formula is C24H31NSi. The lowest BCUT2D eigenvalue weighted by Gasteiger charge is -2.33. The molecule has 2 heteroatoms. The van der Waals surface area contributed by atoms with Crippen LogP contribution >= 0.6 is 0 Å². The van der Waals surface area contributed by atoms with E-state index >= 15 is 0 Å². The van der Waals surface area contributed by atoms with Crippen LogP contribution < -0.4 is 0 Å². The fourth-order valence-corrected chi connectivity index (χ4v) is 5.41. The lowest BCUT2D eigenvalue weighted by Crippen LogP contribution is -2.34. The maximum atomic E-state index is 4.07. The van der Waals surface area contributed by atoms with E-state index in [1.807, 2.05) is 0 Å². The molecule has 0 bridgehead atoms. The summed E-state index contributed by atoms with van der Waals surface area (Å²) in [4.78, 5) is 2.38. The van der Waals surface area contributed by atoms with Gasteiger partial charge in [0.15, 0.2) is 0 Å². The predicted molar refractivity (Wildman–Crippen MR) is 118 cm³/mol. The molecule has 1 nitrogen and oxygen atoms in total. The quantitative estimate of drug-likeness (QED) is 0.314. The van der Waals surface area contributed by atoms with E-state index in [0.29, 0.717) is 0 Å². The zero-order valence-electron chi connectivity index (χ0n) is 16.8. The monoisotopic (exact) mass is 361 g/mol. The first-order valence-electron chi connectivity index (χ1n) is 9.45. The van der Waals surface area contributed by atoms with Gasteiger partial charge in [0.1, 0.15) is 0 Å². The van der Waals surface area contributed by atoms with Crippen LogP contribution in [0.2, 0.25) is 19.6 Å². The third-order valence-electron chi connectivity index (χ3n) is 4.61. The normalized spacial score (nSPS) is 10.8. The van der Waals surface area contributed by atoms with Gasteiger partial charge < -0.3 is 4.90 Å². The Kier molecular flexibility index (Phi) is 6.85. The van der Waals surface area contributed by atoms with Gasteiger partial charge in [0.25, 0.3) is 0 Å². The smallest absolute Gasteiger partial charge is 0.0820 e. The van der Waals surface area contributed by atoms with Crippen LogP contribution in [0.4, 0.5) is 0 Å². The summed E-state index contributed by atoms with van der Waals surface area (Å²) < 4.78 is 0. The number of benzene rings is 2. The predicted octanol–water partition coefficient (Wildman–Crippen LogP) is 6.38. The summed E-state index contributed by atoms with van der Waals surface area (Å²) in [6.45, 7) is 17.6. The maximum absolute atomic E-state index is 4.07. The molecule has 0 spiro atoms. The van der Waals surface area contributed by atoms with Gasteiger partial charge >= 0.3 is 0 Å². The summed E-state index contributed by atoms with van der Waals surface area (Å²) in [5.74, 6) is 0. The molecule has 0 unspecified atom stereocenters. The number of hydrogen-bond acceptors (Lipinski definition) is 1. The summed E-state index contributed by atoms with van der Waals surface area (Å²) in [5, 5.41) is 1.42. The summed E-state index contributed by atoms with van der Waals surface area (Å²) in [6, 6.07) is 21.5. The first-order chi connectivity index (χ1) is 12.4. The Morgan fingerprint density at radius 3 is 1.58 bits per heavy atom. The van der Waals surface area contributed by atoms with Gasteiger partial charge in [0, 0.05) is 13.1 Å². The van der Waals surface area contributed by atoms with Crippen LogP contribution in [0.1, 0.15) is 25.0 Å². The molecule has 0 radical (unpaired) electrons. The van der Waals surface area contributed by atoms with E-state index in [1.54, 1.807) is 0 Å². The Bertz CT molecular complexity index is 746. The lowest BCUT2D eigenvalue weighted by atomic mass is 9.96. The molecule has 0 atom stereocenters. The highest BCUT2D eigenvalue weighted by atomic mass is 28.3. The Morgan fingerprint density at radius 1 is 0.846 bits per heavy atom. The topological polar surface area (TPSA) is 3.24 Å². The Hall–Kier alpha value is -2.28. The van der Waals surface area contributed by atoms with E-state index < -0.39 is 8.07 Å². The number of likely N-dealkylation sites (N-methyl/N-ethyl adjacent to an activating group) is 1. The fraction of sp³-hybridized carbons (Fsp3) is 0.292. The largest absolute Gasteiger partial charge is 0.366 e. The number of nitrogens with zero attached hydrogens (tertiary/aromatic N) is 1. The van der Waals surface area contributed by atoms with Gasteiger partial charge in [-0.25, -0.2) is 0 Å². The van der Waals surface area contributed by atoms with Gasteiger partial charge in [-0.3, -0.25) is 0 Å². The highest BCUT2D eigenvalue weighted by Crippen LogP contribution is 2.36. The van der Waals surface area contributed by atoms with Crippen LogP contribution in [-0.4, -0.2) is 26.1 Å². The van der Waals surface area contributed by atoms with Crippen molar-refractivity contribution in [3.8, 4) is 0 Å². The lowest BCUT2D eigenvalue weighted by molar-refractivity contribution is 0.393. The van der Waals surface area contributed by atoms with Crippen molar-refractivity contribution in [3.05, 3.63) is 95.0 Å². The van der Waals surface area contributed by atoms with Gasteiger partial charge in [0.2, 0.25) is 0 Å². The van der Waals surface area contributed by atoms with Gasteiger partial charge in [-0.05, 0) is 35.7 Å². The van der Waals surface area contributed by atoms with Crippen molar-refractivity contribution in [2.75, 3.05) is 13.1 Å². The Morgan fingerprint density at radius 2 is 1.27 bits per heavy atom. The second-order valence-corrected chi connectivity index (χ2v) is 12.4. The molecule has 0 saturated carbocycles. The first kappa shape index (κ1) is 20.0. The van der Waals surface area contributed by atoms with E-state index in [9.17, 15) is 0 Å². The van der Waals surface area contributed by atoms with Crippen LogP contribution in [0.5, 0.6) is 0 Å². The highest BCUT2D eigenvalue weighted by molar-refractivity contribution is 6.85. The van der Waals surface area contributed by atoms with Crippen LogP contribution in [0.25, 0.3) is 5.57 Å². The molecule has 0 aliphatic rings. The zero-order chi connectivity index (χ0) is 19.2. The van der Waals surface area contributed by atoms with Crippen LogP contribution in [0, 0.1) is 0 Å². The molecule has 0 fully saturated rings. The summed E-state index contributed by atoms with van der Waals surface area (Å²) in [6.07, 6.45) is 0. The molecule has 2 aromatic carbocycles. The Labute approximate surface area is 160 Å². The number of allylic oxidation sites excluding steroid dienone is 1. The maximum Gasteiger partial charge on any atom is 0.0820 e. The molecule has 2 aromatic rings. The molecule has 0 aliphatic heterocycles. The van der Waals surface area contributed by atoms with E-state index in [4.69, 9.17) is 0 Å². The zero-order valence-corrected chi connectivity index (χ0v) is 17.8. The van der Waals surface area contributed by atoms with Crippen molar-refractivity contribution < 1.29 is 0 Å². The second-order valence-electron chi connectivity index (χ2n) is 7.43. The minimum atomic E-state index is -1.70. The average Bonchev–Trinajstić information content (AvgIpc) is 2.65. The van der Waals surface area contributed by atoms with Crippen molar-refractivity contribution in [1.29, 1.82) is 0 Å². The molecule has 0 saturated heterocycles. The third kappa shape index (κ3) is 4.46. The molecule has 0 aromatic heterocycles. The highest BCUT2D eigenvalue weighted by Gasteiger charge is 2.29. The average molecular weight is 362 g/mol. The van der Waals surface area contributed by atoms with E-state index in [0.717, 1.165) is 18.8 Å². The standard InChI is InChI=1S/C24H31NSi/c1-7-22(25(8-2)9-3)24(26(4,5)6)23(20-16-12-10-13-17-20)21-18-14-11-15-19-21/h10-19H,1,8-9H2,2-6H3. The molecule has 0 aliphatic carbocycles. The SMILES string of the molecule is C=C=C(C(=C(c1ccccc1)c1ccccc1)[Si](C)(C)C)N(CC)CC. The van der Waals surface area contributed by atoms with Crippen molar-refractivity contribution in [2.24, 2.45) is 0 Å². The minimum absolute atomic E-state index is 0.958. The first-order valence-corrected chi connectivity index (χ1v) is 12.9. The summed E-state index contributed by atoms with van der Waals surface area (Å²) in [5.41, 5.74) is 8.31. The van der Waals surface area contributed by atoms with Crippen LogP contribution in [0.15, 0.2) is 83.9 Å². The minimum Gasteiger partial charge on any atom is -0.366 e. The molecular weight excluding hydrogens is 330 g/mol. The van der Waals surface area contributed by atoms with E-state index in [-0.39, 0.29) is 0 Å². The van der Waals surface area contributed by atoms with Crippen LogP contribution in [0.3, 0.4) is 0 Å². The molecule has 2 rings (SSSR count). The molecule has 0 heterocycles. The Balaban J connectivity index is 2.91. The third-order valence-corrected chi connectivity index (χ3v) is 6.60. The van der Waals surface area contributed by atoms with Gasteiger partial charge in [-0.15, -0.1) is 5.73 Å². The van der Waals surface area contributed by atoms with Crippen LogP contribution in [-0.2, 0) is 0 Å². The molecule has 0 N–H and O–H groups in total. The fourth-order valence-electron chi connectivity index (χ4n) is 3.41. The second kappa shape index (κ2) is 8.89. The van der Waals surface area contributed by atoms with Crippen molar-refractivity contribution in [1.82, 2.24) is 4.90 Å². The molecule has 26 heavy (non-hydrogen) atoms. The number of hydrogen-bond donors (Lipinski definition) is 0. The van der Waals surface area contributed by atoms with Crippen molar-refractivity contribution >= 4 is 13.6 Å². The van der Waals surface area contributed by atoms with Gasteiger partial charge in [-0.1, -0.05) is 86.9 Å². The number of rotatable bonds is 7. The van der Waals surface area contributed by atoms with E-state index in [1.165, 1.54) is 21.9 Å². The van der Waals surface area contributed by atoms with Crippen molar-refractivity contribution in [3.63, 3.8) is 0 Å². The molecule has 0 amide bonds. The van der Waals surface area contributed by atoms with E-state index in [2.05, 4.69) is 111 Å².